The molecule has 2 aliphatic rings. The molecule has 0 bridgehead atoms. The Morgan fingerprint density at radius 3 is 2.75 bits per heavy atom. The van der Waals surface area contributed by atoms with E-state index >= 15 is 0 Å². The van der Waals surface area contributed by atoms with Gasteiger partial charge in [-0.3, -0.25) is 14.4 Å². The maximum atomic E-state index is 12.9. The number of hydrogen-bond acceptors (Lipinski definition) is 4. The molecule has 1 atom stereocenters. The van der Waals surface area contributed by atoms with Gasteiger partial charge in [-0.15, -0.1) is 0 Å². The zero-order valence-electron chi connectivity index (χ0n) is 15.5. The smallest absolute Gasteiger partial charge is 0.256 e. The van der Waals surface area contributed by atoms with Crippen molar-refractivity contribution in [2.24, 2.45) is 0 Å². The Bertz CT molecular complexity index is 939. The predicted octanol–water partition coefficient (Wildman–Crippen LogP) is 2.43. The number of nitrogens with zero attached hydrogens (tertiary/aromatic N) is 1. The van der Waals surface area contributed by atoms with E-state index in [4.69, 9.17) is 4.74 Å². The monoisotopic (exact) mass is 379 g/mol. The first-order chi connectivity index (χ1) is 13.5. The summed E-state index contributed by atoms with van der Waals surface area (Å²) in [5.74, 6) is 0.216. The van der Waals surface area contributed by atoms with Gasteiger partial charge in [-0.25, -0.2) is 0 Å². The first-order valence-electron chi connectivity index (χ1n) is 9.24. The third-order valence-electron chi connectivity index (χ3n) is 5.13. The van der Waals surface area contributed by atoms with E-state index in [0.717, 1.165) is 17.7 Å². The van der Waals surface area contributed by atoms with Gasteiger partial charge in [-0.2, -0.15) is 0 Å². The van der Waals surface area contributed by atoms with Gasteiger partial charge in [0.05, 0.1) is 24.8 Å². The summed E-state index contributed by atoms with van der Waals surface area (Å²) in [6.45, 7) is 0.574. The summed E-state index contributed by atoms with van der Waals surface area (Å²) < 4.78 is 5.11. The SMILES string of the molecule is COc1ccc(CC(=O)Nc2ccc3c(c2)C(=O)N2CCCC2C(=O)N3)cc1. The highest BCUT2D eigenvalue weighted by Crippen LogP contribution is 2.30. The largest absolute Gasteiger partial charge is 0.497 e. The Hall–Kier alpha value is -3.35. The number of hydrogen-bond donors (Lipinski definition) is 2. The highest BCUT2D eigenvalue weighted by Gasteiger charge is 2.38. The molecular weight excluding hydrogens is 358 g/mol. The maximum Gasteiger partial charge on any atom is 0.256 e. The lowest BCUT2D eigenvalue weighted by atomic mass is 10.1. The van der Waals surface area contributed by atoms with E-state index in [1.807, 2.05) is 12.1 Å². The van der Waals surface area contributed by atoms with E-state index in [9.17, 15) is 14.4 Å². The Kier molecular flexibility index (Phi) is 4.73. The molecule has 1 fully saturated rings. The number of carbonyl (C=O) groups excluding carboxylic acids is 3. The van der Waals surface area contributed by atoms with Crippen molar-refractivity contribution in [3.05, 3.63) is 53.6 Å². The molecule has 28 heavy (non-hydrogen) atoms. The summed E-state index contributed by atoms with van der Waals surface area (Å²) in [6.07, 6.45) is 1.70. The van der Waals surface area contributed by atoms with Gasteiger partial charge in [-0.1, -0.05) is 12.1 Å². The average molecular weight is 379 g/mol. The third-order valence-corrected chi connectivity index (χ3v) is 5.13. The first kappa shape index (κ1) is 18.0. The van der Waals surface area contributed by atoms with Crippen LogP contribution in [0.5, 0.6) is 5.75 Å². The molecular formula is C21H21N3O4. The van der Waals surface area contributed by atoms with Crippen LogP contribution in [0.3, 0.4) is 0 Å². The van der Waals surface area contributed by atoms with E-state index in [2.05, 4.69) is 10.6 Å². The van der Waals surface area contributed by atoms with Crippen LogP contribution in [0, 0.1) is 0 Å². The molecule has 7 nitrogen and oxygen atoms in total. The van der Waals surface area contributed by atoms with Crippen molar-refractivity contribution in [1.82, 2.24) is 4.90 Å². The molecule has 2 heterocycles. The van der Waals surface area contributed by atoms with Gasteiger partial charge < -0.3 is 20.3 Å². The molecule has 0 aliphatic carbocycles. The molecule has 2 aromatic carbocycles. The number of carbonyl (C=O) groups is 3. The quantitative estimate of drug-likeness (QED) is 0.854. The number of methoxy groups -OCH3 is 1. The van der Waals surface area contributed by atoms with Crippen molar-refractivity contribution < 1.29 is 19.1 Å². The van der Waals surface area contributed by atoms with Crippen LogP contribution in [-0.4, -0.2) is 42.3 Å². The molecule has 2 N–H and O–H groups in total. The fourth-order valence-electron chi connectivity index (χ4n) is 3.70. The third kappa shape index (κ3) is 3.43. The molecule has 4 rings (SSSR count). The van der Waals surface area contributed by atoms with E-state index in [1.165, 1.54) is 0 Å². The van der Waals surface area contributed by atoms with Gasteiger partial charge in [0.1, 0.15) is 11.8 Å². The van der Waals surface area contributed by atoms with Crippen LogP contribution in [-0.2, 0) is 16.0 Å². The number of nitrogens with one attached hydrogen (secondary N) is 2. The van der Waals surface area contributed by atoms with E-state index in [1.54, 1.807) is 42.3 Å². The summed E-state index contributed by atoms with van der Waals surface area (Å²) in [5, 5.41) is 5.66. The van der Waals surface area contributed by atoms with Crippen LogP contribution in [0.15, 0.2) is 42.5 Å². The van der Waals surface area contributed by atoms with Gasteiger partial charge in [0.2, 0.25) is 11.8 Å². The fraction of sp³-hybridized carbons (Fsp3) is 0.286. The molecule has 0 saturated carbocycles. The van der Waals surface area contributed by atoms with Crippen molar-refractivity contribution in [3.8, 4) is 5.75 Å². The van der Waals surface area contributed by atoms with E-state index < -0.39 is 6.04 Å². The molecule has 3 amide bonds. The summed E-state index contributed by atoms with van der Waals surface area (Å²) in [7, 11) is 1.59. The van der Waals surface area contributed by atoms with Crippen molar-refractivity contribution in [1.29, 1.82) is 0 Å². The lowest BCUT2D eigenvalue weighted by molar-refractivity contribution is -0.119. The van der Waals surface area contributed by atoms with Gasteiger partial charge in [-0.05, 0) is 48.7 Å². The number of benzene rings is 2. The Morgan fingerprint density at radius 1 is 1.21 bits per heavy atom. The summed E-state index contributed by atoms with van der Waals surface area (Å²) in [4.78, 5) is 39.2. The first-order valence-corrected chi connectivity index (χ1v) is 9.24. The number of rotatable bonds is 4. The molecule has 1 saturated heterocycles. The number of amides is 3. The van der Waals surface area contributed by atoms with Crippen molar-refractivity contribution in [2.75, 3.05) is 24.3 Å². The van der Waals surface area contributed by atoms with E-state index in [0.29, 0.717) is 29.9 Å². The number of fused-ring (bicyclic) bond motifs is 2. The fourth-order valence-corrected chi connectivity index (χ4v) is 3.70. The molecule has 2 aromatic rings. The molecule has 0 spiro atoms. The van der Waals surface area contributed by atoms with Crippen LogP contribution in [0.2, 0.25) is 0 Å². The predicted molar refractivity (Wildman–Crippen MR) is 104 cm³/mol. The molecule has 0 radical (unpaired) electrons. The molecule has 1 unspecified atom stereocenters. The highest BCUT2D eigenvalue weighted by atomic mass is 16.5. The second-order valence-electron chi connectivity index (χ2n) is 6.98. The molecule has 2 aliphatic heterocycles. The highest BCUT2D eigenvalue weighted by molar-refractivity contribution is 6.11. The zero-order chi connectivity index (χ0) is 19.7. The number of anilines is 2. The molecule has 7 heteroatoms. The summed E-state index contributed by atoms with van der Waals surface area (Å²) in [5.41, 5.74) is 2.27. The van der Waals surface area contributed by atoms with Crippen molar-refractivity contribution >= 4 is 29.1 Å². The Morgan fingerprint density at radius 2 is 2.00 bits per heavy atom. The normalized spacial score (nSPS) is 18.0. The van der Waals surface area contributed by atoms with Gasteiger partial charge >= 0.3 is 0 Å². The van der Waals surface area contributed by atoms with Gasteiger partial charge in [0.15, 0.2) is 0 Å². The van der Waals surface area contributed by atoms with Crippen molar-refractivity contribution in [3.63, 3.8) is 0 Å². The maximum absolute atomic E-state index is 12.9. The average Bonchev–Trinajstić information content (AvgIpc) is 3.16. The lowest BCUT2D eigenvalue weighted by Crippen LogP contribution is -2.40. The lowest BCUT2D eigenvalue weighted by Gasteiger charge is -2.20. The van der Waals surface area contributed by atoms with E-state index in [-0.39, 0.29) is 24.1 Å². The minimum absolute atomic E-state index is 0.152. The minimum Gasteiger partial charge on any atom is -0.497 e. The second kappa shape index (κ2) is 7.34. The van der Waals surface area contributed by atoms with Crippen LogP contribution < -0.4 is 15.4 Å². The molecule has 144 valence electrons. The minimum atomic E-state index is -0.409. The van der Waals surface area contributed by atoms with Gasteiger partial charge in [0, 0.05) is 12.2 Å². The standard InChI is InChI=1S/C21H21N3O4/c1-28-15-7-4-13(5-8-15)11-19(25)22-14-6-9-17-16(12-14)21(27)24-10-2-3-18(24)20(26)23-17/h4-9,12,18H,2-3,10-11H2,1H3,(H,22,25)(H,23,26). The van der Waals surface area contributed by atoms with Crippen LogP contribution in [0.25, 0.3) is 0 Å². The number of ether oxygens (including phenoxy) is 1. The van der Waals surface area contributed by atoms with Crippen LogP contribution >= 0.6 is 0 Å². The van der Waals surface area contributed by atoms with Crippen molar-refractivity contribution in [2.45, 2.75) is 25.3 Å². The van der Waals surface area contributed by atoms with Gasteiger partial charge in [0.25, 0.3) is 5.91 Å². The van der Waals surface area contributed by atoms with Crippen LogP contribution in [0.1, 0.15) is 28.8 Å². The second-order valence-corrected chi connectivity index (χ2v) is 6.98. The summed E-state index contributed by atoms with van der Waals surface area (Å²) in [6, 6.07) is 11.9. The Balaban J connectivity index is 1.50. The Labute approximate surface area is 162 Å². The summed E-state index contributed by atoms with van der Waals surface area (Å²) >= 11 is 0. The van der Waals surface area contributed by atoms with Crippen LogP contribution in [0.4, 0.5) is 11.4 Å². The zero-order valence-corrected chi connectivity index (χ0v) is 15.5. The molecule has 0 aromatic heterocycles. The topological polar surface area (TPSA) is 87.7 Å².